The summed E-state index contributed by atoms with van der Waals surface area (Å²) >= 11 is 7.71. The van der Waals surface area contributed by atoms with Crippen LogP contribution in [0.3, 0.4) is 0 Å². The number of amides is 1. The van der Waals surface area contributed by atoms with E-state index in [1.807, 2.05) is 18.2 Å². The molecule has 18 heavy (non-hydrogen) atoms. The third-order valence-corrected chi connectivity index (χ3v) is 3.24. The van der Waals surface area contributed by atoms with Crippen molar-refractivity contribution < 1.29 is 9.18 Å². The molecule has 1 N–H and O–H groups in total. The standard InChI is InChI=1S/C13H8ClFINO/c14-11-5-4-8(6-12(11)15)13(18)17-10-3-1-2-9(16)7-10/h1-7H,(H,17,18). The van der Waals surface area contributed by atoms with E-state index in [1.54, 1.807) is 6.07 Å². The van der Waals surface area contributed by atoms with E-state index in [-0.39, 0.29) is 16.5 Å². The molecule has 0 bridgehead atoms. The van der Waals surface area contributed by atoms with E-state index in [0.717, 1.165) is 9.64 Å². The second kappa shape index (κ2) is 5.67. The minimum absolute atomic E-state index is 0.000750. The molecule has 0 saturated carbocycles. The summed E-state index contributed by atoms with van der Waals surface area (Å²) in [6.07, 6.45) is 0. The molecule has 92 valence electrons. The minimum Gasteiger partial charge on any atom is -0.322 e. The van der Waals surface area contributed by atoms with Gasteiger partial charge >= 0.3 is 0 Å². The van der Waals surface area contributed by atoms with Crippen LogP contribution in [0.5, 0.6) is 0 Å². The lowest BCUT2D eigenvalue weighted by Crippen LogP contribution is -2.12. The number of nitrogens with one attached hydrogen (secondary N) is 1. The summed E-state index contributed by atoms with van der Waals surface area (Å²) in [6.45, 7) is 0. The lowest BCUT2D eigenvalue weighted by atomic mass is 10.2. The second-order valence-electron chi connectivity index (χ2n) is 3.59. The van der Waals surface area contributed by atoms with Crippen LogP contribution < -0.4 is 5.32 Å². The van der Waals surface area contributed by atoms with E-state index in [2.05, 4.69) is 27.9 Å². The molecule has 0 aliphatic heterocycles. The molecule has 0 aliphatic rings. The van der Waals surface area contributed by atoms with Gasteiger partial charge in [0.2, 0.25) is 0 Å². The molecule has 0 saturated heterocycles. The summed E-state index contributed by atoms with van der Waals surface area (Å²) in [7, 11) is 0. The number of rotatable bonds is 2. The van der Waals surface area contributed by atoms with Gasteiger partial charge in [-0.05, 0) is 59.0 Å². The molecule has 2 aromatic rings. The average Bonchev–Trinajstić information content (AvgIpc) is 2.32. The Balaban J connectivity index is 2.19. The Bertz CT molecular complexity index is 603. The first-order valence-electron chi connectivity index (χ1n) is 5.08. The first-order chi connectivity index (χ1) is 8.56. The summed E-state index contributed by atoms with van der Waals surface area (Å²) in [5.41, 5.74) is 0.901. The van der Waals surface area contributed by atoms with Crippen LogP contribution in [0.15, 0.2) is 42.5 Å². The Morgan fingerprint density at radius 1 is 1.22 bits per heavy atom. The molecule has 0 radical (unpaired) electrons. The molecule has 0 aliphatic carbocycles. The highest BCUT2D eigenvalue weighted by molar-refractivity contribution is 14.1. The highest BCUT2D eigenvalue weighted by atomic mass is 127. The van der Waals surface area contributed by atoms with Crippen LogP contribution in [0, 0.1) is 9.39 Å². The van der Waals surface area contributed by atoms with Gasteiger partial charge in [0.25, 0.3) is 5.91 Å². The van der Waals surface area contributed by atoms with Gasteiger partial charge in [0.15, 0.2) is 0 Å². The van der Waals surface area contributed by atoms with Gasteiger partial charge in [-0.15, -0.1) is 0 Å². The van der Waals surface area contributed by atoms with Gasteiger partial charge in [-0.25, -0.2) is 4.39 Å². The third kappa shape index (κ3) is 3.20. The van der Waals surface area contributed by atoms with Crippen molar-refractivity contribution in [3.05, 3.63) is 62.4 Å². The van der Waals surface area contributed by atoms with E-state index in [9.17, 15) is 9.18 Å². The molecule has 2 rings (SSSR count). The number of hydrogen-bond donors (Lipinski definition) is 1. The molecule has 0 heterocycles. The highest BCUT2D eigenvalue weighted by Gasteiger charge is 2.09. The van der Waals surface area contributed by atoms with Gasteiger partial charge in [0.1, 0.15) is 5.82 Å². The quantitative estimate of drug-likeness (QED) is 0.778. The van der Waals surface area contributed by atoms with E-state index < -0.39 is 5.82 Å². The number of carbonyl (C=O) groups excluding carboxylic acids is 1. The summed E-state index contributed by atoms with van der Waals surface area (Å²) in [5, 5.41) is 2.69. The monoisotopic (exact) mass is 375 g/mol. The maximum Gasteiger partial charge on any atom is 0.255 e. The van der Waals surface area contributed by atoms with Gasteiger partial charge in [0.05, 0.1) is 5.02 Å². The Morgan fingerprint density at radius 2 is 2.00 bits per heavy atom. The Morgan fingerprint density at radius 3 is 2.67 bits per heavy atom. The zero-order valence-electron chi connectivity index (χ0n) is 9.08. The lowest BCUT2D eigenvalue weighted by molar-refractivity contribution is 0.102. The number of anilines is 1. The van der Waals surface area contributed by atoms with E-state index >= 15 is 0 Å². The van der Waals surface area contributed by atoms with E-state index in [0.29, 0.717) is 5.69 Å². The third-order valence-electron chi connectivity index (χ3n) is 2.26. The van der Waals surface area contributed by atoms with Gasteiger partial charge in [-0.2, -0.15) is 0 Å². The fourth-order valence-corrected chi connectivity index (χ4v) is 2.07. The van der Waals surface area contributed by atoms with Crippen LogP contribution in [0.2, 0.25) is 5.02 Å². The van der Waals surface area contributed by atoms with Crippen molar-refractivity contribution in [1.82, 2.24) is 0 Å². The summed E-state index contributed by atoms with van der Waals surface area (Å²) in [5.74, 6) is -0.973. The van der Waals surface area contributed by atoms with E-state index in [4.69, 9.17) is 11.6 Å². The van der Waals surface area contributed by atoms with Crippen molar-refractivity contribution in [3.63, 3.8) is 0 Å². The average molecular weight is 376 g/mol. The first kappa shape index (κ1) is 13.3. The number of carbonyl (C=O) groups is 1. The fraction of sp³-hybridized carbons (Fsp3) is 0. The fourth-order valence-electron chi connectivity index (χ4n) is 1.41. The predicted molar refractivity (Wildman–Crippen MR) is 78.5 cm³/mol. The van der Waals surface area contributed by atoms with Crippen molar-refractivity contribution >= 4 is 45.8 Å². The SMILES string of the molecule is O=C(Nc1cccc(I)c1)c1ccc(Cl)c(F)c1. The molecule has 2 aromatic carbocycles. The number of benzene rings is 2. The topological polar surface area (TPSA) is 29.1 Å². The number of hydrogen-bond acceptors (Lipinski definition) is 1. The van der Waals surface area contributed by atoms with Crippen molar-refractivity contribution in [1.29, 1.82) is 0 Å². The van der Waals surface area contributed by atoms with Crippen molar-refractivity contribution in [2.24, 2.45) is 0 Å². The van der Waals surface area contributed by atoms with Crippen molar-refractivity contribution in [2.45, 2.75) is 0 Å². The van der Waals surface area contributed by atoms with Gasteiger partial charge in [-0.3, -0.25) is 4.79 Å². The molecule has 1 amide bonds. The van der Waals surface area contributed by atoms with Crippen LogP contribution in [-0.2, 0) is 0 Å². The zero-order chi connectivity index (χ0) is 13.1. The molecule has 0 atom stereocenters. The van der Waals surface area contributed by atoms with Crippen LogP contribution in [-0.4, -0.2) is 5.91 Å². The van der Waals surface area contributed by atoms with Crippen molar-refractivity contribution in [2.75, 3.05) is 5.32 Å². The Labute approximate surface area is 122 Å². The Kier molecular flexibility index (Phi) is 4.19. The van der Waals surface area contributed by atoms with Gasteiger partial charge in [0, 0.05) is 14.8 Å². The molecular weight excluding hydrogens is 368 g/mol. The molecule has 0 aromatic heterocycles. The van der Waals surface area contributed by atoms with Crippen LogP contribution >= 0.6 is 34.2 Å². The van der Waals surface area contributed by atoms with Crippen LogP contribution in [0.1, 0.15) is 10.4 Å². The summed E-state index contributed by atoms with van der Waals surface area (Å²) in [4.78, 5) is 11.9. The maximum absolute atomic E-state index is 13.2. The van der Waals surface area contributed by atoms with Crippen molar-refractivity contribution in [3.8, 4) is 0 Å². The summed E-state index contributed by atoms with van der Waals surface area (Å²) < 4.78 is 14.2. The number of halogens is 3. The smallest absolute Gasteiger partial charge is 0.255 e. The highest BCUT2D eigenvalue weighted by Crippen LogP contribution is 2.17. The lowest BCUT2D eigenvalue weighted by Gasteiger charge is -2.06. The zero-order valence-corrected chi connectivity index (χ0v) is 12.0. The predicted octanol–water partition coefficient (Wildman–Crippen LogP) is 4.34. The minimum atomic E-state index is -0.605. The molecule has 2 nitrogen and oxygen atoms in total. The van der Waals surface area contributed by atoms with Crippen LogP contribution in [0.4, 0.5) is 10.1 Å². The second-order valence-corrected chi connectivity index (χ2v) is 5.25. The maximum atomic E-state index is 13.2. The largest absolute Gasteiger partial charge is 0.322 e. The molecular formula is C13H8ClFINO. The van der Waals surface area contributed by atoms with E-state index in [1.165, 1.54) is 12.1 Å². The summed E-state index contributed by atoms with van der Waals surface area (Å²) in [6, 6.07) is 11.3. The van der Waals surface area contributed by atoms with Gasteiger partial charge < -0.3 is 5.32 Å². The van der Waals surface area contributed by atoms with Crippen LogP contribution in [0.25, 0.3) is 0 Å². The molecule has 0 unspecified atom stereocenters. The normalized spacial score (nSPS) is 10.2. The Hall–Kier alpha value is -1.14. The first-order valence-corrected chi connectivity index (χ1v) is 6.54. The molecule has 0 fully saturated rings. The molecule has 5 heteroatoms. The molecule has 0 spiro atoms. The van der Waals surface area contributed by atoms with Gasteiger partial charge in [-0.1, -0.05) is 17.7 Å².